The number of carbonyl (C=O) groups excluding carboxylic acids is 1. The fourth-order valence-corrected chi connectivity index (χ4v) is 1.07. The van der Waals surface area contributed by atoms with Gasteiger partial charge in [-0.1, -0.05) is 6.92 Å². The number of thioether (sulfide) groups is 1. The van der Waals surface area contributed by atoms with E-state index in [0.29, 0.717) is 17.7 Å². The predicted molar refractivity (Wildman–Crippen MR) is 55.5 cm³/mol. The molecule has 0 spiro atoms. The van der Waals surface area contributed by atoms with Crippen LogP contribution in [0.15, 0.2) is 0 Å². The smallest absolute Gasteiger partial charge is 0.223 e. The first-order valence-corrected chi connectivity index (χ1v) is 5.56. The van der Waals surface area contributed by atoms with E-state index in [4.69, 9.17) is 0 Å². The first kappa shape index (κ1) is 11.8. The lowest BCUT2D eigenvalue weighted by molar-refractivity contribution is -0.131. The number of carbonyl (C=O) groups is 1. The Morgan fingerprint density at radius 2 is 1.92 bits per heavy atom. The van der Waals surface area contributed by atoms with Crippen molar-refractivity contribution < 1.29 is 4.79 Å². The maximum absolute atomic E-state index is 11.5. The normalized spacial score (nSPS) is 13.2. The number of nitrogens with zero attached hydrogens (tertiary/aromatic N) is 1. The van der Waals surface area contributed by atoms with Crippen molar-refractivity contribution in [1.82, 2.24) is 4.90 Å². The van der Waals surface area contributed by atoms with Gasteiger partial charge in [-0.3, -0.25) is 4.79 Å². The Bertz CT molecular complexity index is 147. The molecule has 0 aromatic heterocycles. The largest absolute Gasteiger partial charge is 0.343 e. The van der Waals surface area contributed by atoms with Gasteiger partial charge in [-0.15, -0.1) is 0 Å². The monoisotopic (exact) mass is 189 g/mol. The lowest BCUT2D eigenvalue weighted by Gasteiger charge is -2.22. The summed E-state index contributed by atoms with van der Waals surface area (Å²) in [5.74, 6) is 0.242. The zero-order chi connectivity index (χ0) is 9.72. The van der Waals surface area contributed by atoms with Gasteiger partial charge in [0.1, 0.15) is 0 Å². The zero-order valence-electron chi connectivity index (χ0n) is 8.63. The molecule has 1 unspecified atom stereocenters. The topological polar surface area (TPSA) is 20.3 Å². The van der Waals surface area contributed by atoms with E-state index in [2.05, 4.69) is 6.92 Å². The molecule has 0 fully saturated rings. The molecule has 0 aliphatic rings. The van der Waals surface area contributed by atoms with Crippen molar-refractivity contribution in [3.05, 3.63) is 0 Å². The average Bonchev–Trinajstić information content (AvgIpc) is 2.02. The van der Waals surface area contributed by atoms with Gasteiger partial charge in [0, 0.05) is 24.8 Å². The molecule has 12 heavy (non-hydrogen) atoms. The molecule has 0 saturated carbocycles. The van der Waals surface area contributed by atoms with Crippen molar-refractivity contribution in [3.63, 3.8) is 0 Å². The molecule has 0 aliphatic heterocycles. The van der Waals surface area contributed by atoms with Crippen LogP contribution >= 0.6 is 11.8 Å². The van der Waals surface area contributed by atoms with Crippen LogP contribution in [-0.4, -0.2) is 35.4 Å². The third kappa shape index (κ3) is 4.00. The molecule has 0 aromatic rings. The summed E-state index contributed by atoms with van der Waals surface area (Å²) in [6, 6.07) is 0.312. The van der Waals surface area contributed by atoms with E-state index >= 15 is 0 Å². The molecule has 0 heterocycles. The third-order valence-corrected chi connectivity index (χ3v) is 3.00. The molecular weight excluding hydrogens is 170 g/mol. The first-order chi connectivity index (χ1) is 5.49. The molecule has 2 nitrogen and oxygen atoms in total. The van der Waals surface area contributed by atoms with Crippen LogP contribution in [0.2, 0.25) is 0 Å². The van der Waals surface area contributed by atoms with Crippen LogP contribution in [0.25, 0.3) is 0 Å². The van der Waals surface area contributed by atoms with Crippen molar-refractivity contribution >= 4 is 17.7 Å². The Labute approximate surface area is 79.7 Å². The van der Waals surface area contributed by atoms with Crippen molar-refractivity contribution in [2.45, 2.75) is 38.5 Å². The van der Waals surface area contributed by atoms with E-state index in [1.807, 2.05) is 27.2 Å². The Morgan fingerprint density at radius 3 is 2.25 bits per heavy atom. The summed E-state index contributed by atoms with van der Waals surface area (Å²) in [5.41, 5.74) is 0. The summed E-state index contributed by atoms with van der Waals surface area (Å²) in [6.45, 7) is 6.14. The van der Waals surface area contributed by atoms with Gasteiger partial charge in [0.05, 0.1) is 0 Å². The molecular formula is C9H19NOS. The van der Waals surface area contributed by atoms with Gasteiger partial charge in [-0.05, 0) is 20.1 Å². The van der Waals surface area contributed by atoms with Crippen molar-refractivity contribution in [1.29, 1.82) is 0 Å². The Balaban J connectivity index is 3.87. The zero-order valence-corrected chi connectivity index (χ0v) is 9.44. The maximum Gasteiger partial charge on any atom is 0.223 e. The Kier molecular flexibility index (Phi) is 5.38. The van der Waals surface area contributed by atoms with Crippen LogP contribution in [-0.2, 0) is 4.79 Å². The number of rotatable bonds is 4. The van der Waals surface area contributed by atoms with Crippen LogP contribution in [0.1, 0.15) is 27.2 Å². The number of amides is 1. The second-order valence-corrected chi connectivity index (χ2v) is 4.62. The lowest BCUT2D eigenvalue weighted by atomic mass is 10.2. The highest BCUT2D eigenvalue weighted by molar-refractivity contribution is 7.99. The summed E-state index contributed by atoms with van der Waals surface area (Å²) >= 11 is 1.73. The number of hydrogen-bond donors (Lipinski definition) is 0. The summed E-state index contributed by atoms with van der Waals surface area (Å²) in [5, 5.41) is 0.429. The summed E-state index contributed by atoms with van der Waals surface area (Å²) in [4.78, 5) is 13.3. The molecule has 0 bridgehead atoms. The Hall–Kier alpha value is -0.180. The van der Waals surface area contributed by atoms with Gasteiger partial charge in [0.25, 0.3) is 0 Å². The van der Waals surface area contributed by atoms with E-state index in [9.17, 15) is 4.79 Å². The van der Waals surface area contributed by atoms with Gasteiger partial charge in [-0.2, -0.15) is 11.8 Å². The minimum absolute atomic E-state index is 0.242. The average molecular weight is 189 g/mol. The van der Waals surface area contributed by atoms with Crippen LogP contribution in [0.4, 0.5) is 0 Å². The fraction of sp³-hybridized carbons (Fsp3) is 0.889. The molecule has 1 atom stereocenters. The van der Waals surface area contributed by atoms with Gasteiger partial charge >= 0.3 is 0 Å². The molecule has 0 radical (unpaired) electrons. The van der Waals surface area contributed by atoms with Gasteiger partial charge in [0.2, 0.25) is 5.91 Å². The maximum atomic E-state index is 11.5. The SMILES string of the molecule is CSC(C)CC(=O)N(C)C(C)C. The molecule has 0 saturated heterocycles. The molecule has 0 aliphatic carbocycles. The van der Waals surface area contributed by atoms with Crippen molar-refractivity contribution in [2.75, 3.05) is 13.3 Å². The van der Waals surface area contributed by atoms with Gasteiger partial charge in [0.15, 0.2) is 0 Å². The standard InChI is InChI=1S/C9H19NOS/c1-7(2)10(4)9(11)6-8(3)12-5/h7-8H,6H2,1-5H3. The molecule has 0 N–H and O–H groups in total. The minimum Gasteiger partial charge on any atom is -0.343 e. The van der Waals surface area contributed by atoms with Crippen molar-refractivity contribution in [3.8, 4) is 0 Å². The predicted octanol–water partition coefficient (Wildman–Crippen LogP) is 1.99. The van der Waals surface area contributed by atoms with E-state index in [1.165, 1.54) is 0 Å². The molecule has 0 rings (SSSR count). The molecule has 1 amide bonds. The van der Waals surface area contributed by atoms with Crippen molar-refractivity contribution in [2.24, 2.45) is 0 Å². The molecule has 0 aromatic carbocycles. The van der Waals surface area contributed by atoms with E-state index in [-0.39, 0.29) is 5.91 Å². The van der Waals surface area contributed by atoms with Gasteiger partial charge in [-0.25, -0.2) is 0 Å². The summed E-state index contributed by atoms with van der Waals surface area (Å²) in [6.07, 6.45) is 2.68. The van der Waals surface area contributed by atoms with E-state index < -0.39 is 0 Å². The quantitative estimate of drug-likeness (QED) is 0.674. The summed E-state index contributed by atoms with van der Waals surface area (Å²) in [7, 11) is 1.86. The second kappa shape index (κ2) is 5.46. The Morgan fingerprint density at radius 1 is 1.42 bits per heavy atom. The van der Waals surface area contributed by atoms with Gasteiger partial charge < -0.3 is 4.90 Å². The minimum atomic E-state index is 0.242. The highest BCUT2D eigenvalue weighted by atomic mass is 32.2. The molecule has 72 valence electrons. The van der Waals surface area contributed by atoms with Crippen LogP contribution < -0.4 is 0 Å². The molecule has 3 heteroatoms. The lowest BCUT2D eigenvalue weighted by Crippen LogP contribution is -2.34. The highest BCUT2D eigenvalue weighted by Gasteiger charge is 2.14. The number of hydrogen-bond acceptors (Lipinski definition) is 2. The van der Waals surface area contributed by atoms with E-state index in [1.54, 1.807) is 16.7 Å². The van der Waals surface area contributed by atoms with Crippen LogP contribution in [0.5, 0.6) is 0 Å². The van der Waals surface area contributed by atoms with Crippen LogP contribution in [0.3, 0.4) is 0 Å². The highest BCUT2D eigenvalue weighted by Crippen LogP contribution is 2.11. The summed E-state index contributed by atoms with van der Waals surface area (Å²) < 4.78 is 0. The fourth-order valence-electron chi connectivity index (χ4n) is 0.761. The van der Waals surface area contributed by atoms with E-state index in [0.717, 1.165) is 0 Å². The third-order valence-electron chi connectivity index (χ3n) is 2.03. The van der Waals surface area contributed by atoms with Crippen LogP contribution in [0, 0.1) is 0 Å². The first-order valence-electron chi connectivity index (χ1n) is 4.27. The second-order valence-electron chi connectivity index (χ2n) is 3.35.